The van der Waals surface area contributed by atoms with E-state index in [4.69, 9.17) is 23.2 Å². The highest BCUT2D eigenvalue weighted by molar-refractivity contribution is 6.43. The molecule has 1 aliphatic heterocycles. The summed E-state index contributed by atoms with van der Waals surface area (Å²) in [5.41, 5.74) is 1.04. The van der Waals surface area contributed by atoms with Crippen molar-refractivity contribution in [2.45, 2.75) is 13.0 Å². The first-order valence-corrected chi connectivity index (χ1v) is 5.87. The third-order valence-electron chi connectivity index (χ3n) is 2.74. The fourth-order valence-corrected chi connectivity index (χ4v) is 2.32. The van der Waals surface area contributed by atoms with E-state index in [-0.39, 0.29) is 12.4 Å². The highest BCUT2D eigenvalue weighted by Crippen LogP contribution is 2.33. The van der Waals surface area contributed by atoms with E-state index in [9.17, 15) is 0 Å². The number of rotatable bonds is 1. The Morgan fingerprint density at radius 1 is 1.38 bits per heavy atom. The zero-order valence-electron chi connectivity index (χ0n) is 9.04. The number of nitrogens with one attached hydrogen (secondary N) is 1. The molecular weight excluding hydrogens is 266 g/mol. The van der Waals surface area contributed by atoms with Gasteiger partial charge in [-0.05, 0) is 19.1 Å². The van der Waals surface area contributed by atoms with Gasteiger partial charge < -0.3 is 10.2 Å². The first-order valence-electron chi connectivity index (χ1n) is 5.11. The lowest BCUT2D eigenvalue weighted by Gasteiger charge is -2.36. The fourth-order valence-electron chi connectivity index (χ4n) is 1.91. The Morgan fingerprint density at radius 3 is 2.81 bits per heavy atom. The number of halogens is 3. The van der Waals surface area contributed by atoms with Crippen LogP contribution in [0.4, 0.5) is 5.69 Å². The van der Waals surface area contributed by atoms with Crippen LogP contribution in [0.5, 0.6) is 0 Å². The summed E-state index contributed by atoms with van der Waals surface area (Å²) in [7, 11) is 0. The lowest BCUT2D eigenvalue weighted by Crippen LogP contribution is -2.50. The van der Waals surface area contributed by atoms with Gasteiger partial charge in [-0.25, -0.2) is 0 Å². The van der Waals surface area contributed by atoms with E-state index in [1.54, 1.807) is 0 Å². The molecule has 0 aromatic heterocycles. The molecule has 1 N–H and O–H groups in total. The average molecular weight is 282 g/mol. The van der Waals surface area contributed by atoms with E-state index in [1.807, 2.05) is 18.2 Å². The normalized spacial score (nSPS) is 20.4. The Balaban J connectivity index is 0.00000128. The SMILES string of the molecule is C[C@H]1CNCCN1c1cccc(Cl)c1Cl.Cl. The molecule has 1 saturated heterocycles. The number of hydrogen-bond acceptors (Lipinski definition) is 2. The van der Waals surface area contributed by atoms with Crippen molar-refractivity contribution in [1.29, 1.82) is 0 Å². The summed E-state index contributed by atoms with van der Waals surface area (Å²) >= 11 is 12.2. The Bertz CT molecular complexity index is 357. The van der Waals surface area contributed by atoms with Gasteiger partial charge in [-0.2, -0.15) is 0 Å². The molecule has 5 heteroatoms. The molecule has 0 spiro atoms. The number of piperazine rings is 1. The smallest absolute Gasteiger partial charge is 0.0825 e. The molecule has 90 valence electrons. The first kappa shape index (κ1) is 13.9. The molecule has 1 heterocycles. The summed E-state index contributed by atoms with van der Waals surface area (Å²) in [4.78, 5) is 2.30. The summed E-state index contributed by atoms with van der Waals surface area (Å²) < 4.78 is 0. The second kappa shape index (κ2) is 5.97. The maximum Gasteiger partial charge on any atom is 0.0825 e. The maximum atomic E-state index is 6.20. The summed E-state index contributed by atoms with van der Waals surface area (Å²) in [5, 5.41) is 4.64. The van der Waals surface area contributed by atoms with Crippen molar-refractivity contribution in [2.24, 2.45) is 0 Å². The minimum Gasteiger partial charge on any atom is -0.365 e. The van der Waals surface area contributed by atoms with Crippen LogP contribution in [0, 0.1) is 0 Å². The number of anilines is 1. The molecule has 16 heavy (non-hydrogen) atoms. The van der Waals surface area contributed by atoms with Crippen molar-refractivity contribution in [3.05, 3.63) is 28.2 Å². The zero-order chi connectivity index (χ0) is 10.8. The predicted octanol–water partition coefficient (Wildman–Crippen LogP) is 3.21. The molecule has 0 radical (unpaired) electrons. The van der Waals surface area contributed by atoms with Gasteiger partial charge in [-0.3, -0.25) is 0 Å². The van der Waals surface area contributed by atoms with Crippen LogP contribution in [0.25, 0.3) is 0 Å². The lowest BCUT2D eigenvalue weighted by atomic mass is 10.2. The van der Waals surface area contributed by atoms with Crippen LogP contribution in [-0.4, -0.2) is 25.7 Å². The van der Waals surface area contributed by atoms with Crippen molar-refractivity contribution in [2.75, 3.05) is 24.5 Å². The summed E-state index contributed by atoms with van der Waals surface area (Å²) in [5.74, 6) is 0. The van der Waals surface area contributed by atoms with Crippen LogP contribution >= 0.6 is 35.6 Å². The number of nitrogens with zero attached hydrogens (tertiary/aromatic N) is 1. The van der Waals surface area contributed by atoms with Crippen molar-refractivity contribution >= 4 is 41.3 Å². The van der Waals surface area contributed by atoms with Crippen LogP contribution in [0.1, 0.15) is 6.92 Å². The summed E-state index contributed by atoms with van der Waals surface area (Å²) in [6, 6.07) is 6.24. The third kappa shape index (κ3) is 2.75. The highest BCUT2D eigenvalue weighted by Gasteiger charge is 2.20. The first-order chi connectivity index (χ1) is 7.20. The van der Waals surface area contributed by atoms with Gasteiger partial charge in [0.05, 0.1) is 15.7 Å². The summed E-state index contributed by atoms with van der Waals surface area (Å²) in [6.45, 7) is 5.14. The van der Waals surface area contributed by atoms with Gasteiger partial charge in [0.2, 0.25) is 0 Å². The van der Waals surface area contributed by atoms with E-state index < -0.39 is 0 Å². The molecule has 2 nitrogen and oxygen atoms in total. The Hall–Kier alpha value is -0.150. The highest BCUT2D eigenvalue weighted by atomic mass is 35.5. The van der Waals surface area contributed by atoms with Crippen LogP contribution in [0.2, 0.25) is 10.0 Å². The molecule has 2 rings (SSSR count). The van der Waals surface area contributed by atoms with Crippen molar-refractivity contribution in [3.63, 3.8) is 0 Å². The fraction of sp³-hybridized carbons (Fsp3) is 0.455. The molecule has 0 bridgehead atoms. The second-order valence-corrected chi connectivity index (χ2v) is 4.60. The Kier molecular flexibility index (Phi) is 5.19. The third-order valence-corrected chi connectivity index (χ3v) is 3.55. The van der Waals surface area contributed by atoms with Gasteiger partial charge in [0.15, 0.2) is 0 Å². The van der Waals surface area contributed by atoms with Crippen LogP contribution in [-0.2, 0) is 0 Å². The average Bonchev–Trinajstić information content (AvgIpc) is 2.23. The number of benzene rings is 1. The minimum absolute atomic E-state index is 0. The molecule has 0 amide bonds. The second-order valence-electron chi connectivity index (χ2n) is 3.82. The van der Waals surface area contributed by atoms with Crippen LogP contribution in [0.3, 0.4) is 0 Å². The van der Waals surface area contributed by atoms with Crippen molar-refractivity contribution in [1.82, 2.24) is 5.32 Å². The molecule has 0 saturated carbocycles. The van der Waals surface area contributed by atoms with E-state index in [0.29, 0.717) is 16.1 Å². The van der Waals surface area contributed by atoms with Crippen LogP contribution in [0.15, 0.2) is 18.2 Å². The van der Waals surface area contributed by atoms with Crippen molar-refractivity contribution < 1.29 is 0 Å². The van der Waals surface area contributed by atoms with Gasteiger partial charge in [0.1, 0.15) is 0 Å². The van der Waals surface area contributed by atoms with E-state index >= 15 is 0 Å². The van der Waals surface area contributed by atoms with Crippen molar-refractivity contribution in [3.8, 4) is 0 Å². The molecule has 1 atom stereocenters. The molecule has 1 aromatic carbocycles. The summed E-state index contributed by atoms with van der Waals surface area (Å²) in [6.07, 6.45) is 0. The minimum atomic E-state index is 0. The van der Waals surface area contributed by atoms with Gasteiger partial charge in [0.25, 0.3) is 0 Å². The van der Waals surface area contributed by atoms with Gasteiger partial charge in [0, 0.05) is 25.7 Å². The van der Waals surface area contributed by atoms with Gasteiger partial charge >= 0.3 is 0 Å². The van der Waals surface area contributed by atoms with E-state index in [0.717, 1.165) is 25.3 Å². The Labute approximate surface area is 112 Å². The molecular formula is C11H15Cl3N2. The topological polar surface area (TPSA) is 15.3 Å². The van der Waals surface area contributed by atoms with E-state index in [1.165, 1.54) is 0 Å². The van der Waals surface area contributed by atoms with E-state index in [2.05, 4.69) is 17.1 Å². The predicted molar refractivity (Wildman–Crippen MR) is 73.4 cm³/mol. The largest absolute Gasteiger partial charge is 0.365 e. The monoisotopic (exact) mass is 280 g/mol. The number of hydrogen-bond donors (Lipinski definition) is 1. The molecule has 1 aliphatic rings. The molecule has 1 aromatic rings. The van der Waals surface area contributed by atoms with Crippen LogP contribution < -0.4 is 10.2 Å². The maximum absolute atomic E-state index is 6.20. The van der Waals surface area contributed by atoms with Gasteiger partial charge in [-0.1, -0.05) is 29.3 Å². The molecule has 1 fully saturated rings. The van der Waals surface area contributed by atoms with Gasteiger partial charge in [-0.15, -0.1) is 12.4 Å². The standard InChI is InChI=1S/C11H14Cl2N2.ClH/c1-8-7-14-5-6-15(8)10-4-2-3-9(12)11(10)13;/h2-4,8,14H,5-7H2,1H3;1H/t8-;/m0./s1. The lowest BCUT2D eigenvalue weighted by molar-refractivity contribution is 0.501. The quantitative estimate of drug-likeness (QED) is 0.850. The molecule has 0 aliphatic carbocycles. The molecule has 0 unspecified atom stereocenters. The zero-order valence-corrected chi connectivity index (χ0v) is 11.4. The Morgan fingerprint density at radius 2 is 2.12 bits per heavy atom.